The van der Waals surface area contributed by atoms with E-state index in [9.17, 15) is 0 Å². The average Bonchev–Trinajstić information content (AvgIpc) is 2.81. The normalized spacial score (nSPS) is 13.2. The Morgan fingerprint density at radius 1 is 1.00 bits per heavy atom. The van der Waals surface area contributed by atoms with Crippen molar-refractivity contribution in [3.8, 4) is 11.1 Å². The van der Waals surface area contributed by atoms with Crippen LogP contribution in [0.3, 0.4) is 0 Å². The van der Waals surface area contributed by atoms with Gasteiger partial charge in [0.15, 0.2) is 0 Å². The molecule has 0 fully saturated rings. The Morgan fingerprint density at radius 2 is 1.75 bits per heavy atom. The lowest BCUT2D eigenvalue weighted by molar-refractivity contribution is 0.994. The van der Waals surface area contributed by atoms with Gasteiger partial charge in [-0.15, -0.1) is 0 Å². The van der Waals surface area contributed by atoms with E-state index >= 15 is 0 Å². The summed E-state index contributed by atoms with van der Waals surface area (Å²) in [5, 5.41) is 3.66. The second kappa shape index (κ2) is 12.9. The Morgan fingerprint density at radius 3 is 2.41 bits per heavy atom. The first-order chi connectivity index (χ1) is 15.5. The first kappa shape index (κ1) is 24.5. The van der Waals surface area contributed by atoms with Gasteiger partial charge in [0, 0.05) is 16.8 Å². The number of rotatable bonds is 10. The van der Waals surface area contributed by atoms with E-state index in [4.69, 9.17) is 10.8 Å². The molecule has 0 atom stereocenters. The lowest BCUT2D eigenvalue weighted by Gasteiger charge is -2.16. The molecule has 2 aromatic rings. The summed E-state index contributed by atoms with van der Waals surface area (Å²) in [4.78, 5) is 4.95. The van der Waals surface area contributed by atoms with Crippen LogP contribution < -0.4 is 5.84 Å². The second-order valence-corrected chi connectivity index (χ2v) is 7.52. The molecule has 0 aliphatic carbocycles. The third kappa shape index (κ3) is 6.92. The summed E-state index contributed by atoms with van der Waals surface area (Å²) < 4.78 is 0. The lowest BCUT2D eigenvalue weighted by Crippen LogP contribution is -2.01. The maximum Gasteiger partial charge on any atom is 0.0714 e. The number of allylic oxidation sites excluding steroid dienone is 8. The molecule has 3 heteroatoms. The number of nitrogens with zero attached hydrogens (tertiary/aromatic N) is 2. The molecular weight excluding hydrogens is 390 g/mol. The molecule has 32 heavy (non-hydrogen) atoms. The van der Waals surface area contributed by atoms with E-state index in [-0.39, 0.29) is 0 Å². The van der Waals surface area contributed by atoms with Crippen molar-refractivity contribution >= 4 is 23.2 Å². The molecule has 0 radical (unpaired) electrons. The molecule has 0 amide bonds. The van der Waals surface area contributed by atoms with E-state index in [2.05, 4.69) is 61.6 Å². The zero-order valence-electron chi connectivity index (χ0n) is 19.4. The van der Waals surface area contributed by atoms with Crippen LogP contribution in [-0.4, -0.2) is 11.9 Å². The third-order valence-corrected chi connectivity index (χ3v) is 5.16. The predicted molar refractivity (Wildman–Crippen MR) is 142 cm³/mol. The van der Waals surface area contributed by atoms with Crippen LogP contribution in [0.15, 0.2) is 113 Å². The summed E-state index contributed by atoms with van der Waals surface area (Å²) in [5.74, 6) is 5.37. The van der Waals surface area contributed by atoms with Crippen LogP contribution in [0.1, 0.15) is 39.2 Å². The number of benzene rings is 2. The van der Waals surface area contributed by atoms with Crippen LogP contribution in [0.25, 0.3) is 16.7 Å². The van der Waals surface area contributed by atoms with Crippen molar-refractivity contribution in [3.63, 3.8) is 0 Å². The van der Waals surface area contributed by atoms with Crippen LogP contribution in [-0.2, 0) is 0 Å². The molecule has 2 N–H and O–H groups in total. The van der Waals surface area contributed by atoms with Gasteiger partial charge in [0.1, 0.15) is 0 Å². The fraction of sp³-hybridized carbons (Fsp3) is 0.172. The second-order valence-electron chi connectivity index (χ2n) is 7.52. The maximum absolute atomic E-state index is 5.37. The molecule has 3 nitrogen and oxygen atoms in total. The predicted octanol–water partition coefficient (Wildman–Crippen LogP) is 7.82. The minimum absolute atomic E-state index is 0.844. The summed E-state index contributed by atoms with van der Waals surface area (Å²) in [5.41, 5.74) is 8.35. The molecule has 164 valence electrons. The van der Waals surface area contributed by atoms with Gasteiger partial charge in [-0.2, -0.15) is 5.10 Å². The highest BCUT2D eigenvalue weighted by Gasteiger charge is 2.14. The molecule has 0 unspecified atom stereocenters. The minimum atomic E-state index is 0.844. The lowest BCUT2D eigenvalue weighted by atomic mass is 9.90. The van der Waals surface area contributed by atoms with Gasteiger partial charge in [0.2, 0.25) is 0 Å². The molecule has 2 aromatic carbocycles. The van der Waals surface area contributed by atoms with Gasteiger partial charge in [0.05, 0.1) is 11.9 Å². The van der Waals surface area contributed by atoms with E-state index < -0.39 is 0 Å². The van der Waals surface area contributed by atoms with E-state index in [1.807, 2.05) is 50.3 Å². The number of hydrogen-bond acceptors (Lipinski definition) is 3. The average molecular weight is 424 g/mol. The standard InChI is InChI=1S/C29H33N3/c1-6-8-10-14-22(3)19-20-23(4)29-27(26-15-11-9-12-16-26)17-13-18-28(29)32-24(5)25(7-2)21-31-30/h6-18,21H,1,4,19-20,30H2,2-3,5H3/b10-8-,22-14+,25-7+,31-21-,32-24?. The summed E-state index contributed by atoms with van der Waals surface area (Å²) in [6.07, 6.45) is 13.2. The van der Waals surface area contributed by atoms with Crippen molar-refractivity contribution in [3.05, 3.63) is 109 Å². The zero-order valence-corrected chi connectivity index (χ0v) is 19.4. The van der Waals surface area contributed by atoms with Crippen molar-refractivity contribution in [2.75, 3.05) is 0 Å². The van der Waals surface area contributed by atoms with E-state index in [1.165, 1.54) is 5.57 Å². The summed E-state index contributed by atoms with van der Waals surface area (Å²) in [6.45, 7) is 14.2. The fourth-order valence-electron chi connectivity index (χ4n) is 3.42. The van der Waals surface area contributed by atoms with Crippen LogP contribution in [0, 0.1) is 0 Å². The quantitative estimate of drug-likeness (QED) is 0.180. The van der Waals surface area contributed by atoms with Crippen molar-refractivity contribution < 1.29 is 0 Å². The highest BCUT2D eigenvalue weighted by atomic mass is 15.1. The summed E-state index contributed by atoms with van der Waals surface area (Å²) in [6, 6.07) is 16.6. The molecule has 0 aromatic heterocycles. The smallest absolute Gasteiger partial charge is 0.0714 e. The number of hydrogen-bond donors (Lipinski definition) is 1. The van der Waals surface area contributed by atoms with Crippen molar-refractivity contribution in [1.29, 1.82) is 0 Å². The van der Waals surface area contributed by atoms with Crippen LogP contribution in [0.5, 0.6) is 0 Å². The van der Waals surface area contributed by atoms with Gasteiger partial charge in [0.25, 0.3) is 0 Å². The SMILES string of the molecule is C=C/C=C\C=C(/C)CCC(=C)c1c(N=C(C)C(/C=N\N)=C/C)cccc1-c1ccccc1. The first-order valence-corrected chi connectivity index (χ1v) is 10.8. The van der Waals surface area contributed by atoms with Crippen LogP contribution >= 0.6 is 0 Å². The molecule has 2 rings (SSSR count). The summed E-state index contributed by atoms with van der Waals surface area (Å²) >= 11 is 0. The highest BCUT2D eigenvalue weighted by molar-refractivity contribution is 6.16. The Labute approximate surface area is 192 Å². The first-order valence-electron chi connectivity index (χ1n) is 10.8. The largest absolute Gasteiger partial charge is 0.323 e. The van der Waals surface area contributed by atoms with E-state index in [0.29, 0.717) is 0 Å². The van der Waals surface area contributed by atoms with Gasteiger partial charge >= 0.3 is 0 Å². The van der Waals surface area contributed by atoms with Crippen LogP contribution in [0.2, 0.25) is 0 Å². The van der Waals surface area contributed by atoms with Crippen molar-refractivity contribution in [2.45, 2.75) is 33.6 Å². The molecule has 0 aliphatic heterocycles. The molecule has 0 spiro atoms. The molecule has 0 saturated carbocycles. The Bertz CT molecular complexity index is 1080. The van der Waals surface area contributed by atoms with Crippen molar-refractivity contribution in [2.24, 2.45) is 15.9 Å². The van der Waals surface area contributed by atoms with Crippen molar-refractivity contribution in [1.82, 2.24) is 0 Å². The van der Waals surface area contributed by atoms with Crippen LogP contribution in [0.4, 0.5) is 5.69 Å². The van der Waals surface area contributed by atoms with Gasteiger partial charge in [-0.25, -0.2) is 0 Å². The number of aliphatic imine (C=N–C) groups is 1. The highest BCUT2D eigenvalue weighted by Crippen LogP contribution is 2.38. The van der Waals surface area contributed by atoms with Gasteiger partial charge in [-0.3, -0.25) is 4.99 Å². The third-order valence-electron chi connectivity index (χ3n) is 5.16. The molecule has 0 aliphatic rings. The number of nitrogens with two attached hydrogens (primary N) is 1. The monoisotopic (exact) mass is 423 g/mol. The van der Waals surface area contributed by atoms with Gasteiger partial charge in [-0.05, 0) is 56.4 Å². The number of hydrazone groups is 1. The minimum Gasteiger partial charge on any atom is -0.323 e. The maximum atomic E-state index is 5.37. The molecular formula is C29H33N3. The topological polar surface area (TPSA) is 50.7 Å². The molecule has 0 heterocycles. The fourth-order valence-corrected chi connectivity index (χ4v) is 3.42. The summed E-state index contributed by atoms with van der Waals surface area (Å²) in [7, 11) is 0. The molecule has 0 bridgehead atoms. The van der Waals surface area contributed by atoms with E-state index in [1.54, 1.807) is 12.3 Å². The van der Waals surface area contributed by atoms with E-state index in [0.717, 1.165) is 52.1 Å². The zero-order chi connectivity index (χ0) is 23.3. The van der Waals surface area contributed by atoms with Gasteiger partial charge < -0.3 is 5.84 Å². The Balaban J connectivity index is 2.52. The molecule has 0 saturated heterocycles. The van der Waals surface area contributed by atoms with Gasteiger partial charge in [-0.1, -0.05) is 91.6 Å². The Kier molecular flexibility index (Phi) is 9.86. The Hall–Kier alpha value is -3.72.